The van der Waals surface area contributed by atoms with Gasteiger partial charge in [-0.3, -0.25) is 0 Å². The Morgan fingerprint density at radius 1 is 0.857 bits per heavy atom. The molecular weight excluding hydrogens is 448 g/mol. The first-order chi connectivity index (χ1) is 12.2. The molecule has 0 bridgehead atoms. The summed E-state index contributed by atoms with van der Waals surface area (Å²) in [6, 6.07) is 31.3. The fourth-order valence-corrected chi connectivity index (χ4v) is 4.18. The Balaban J connectivity index is 0.000000254. The molecule has 0 unspecified atom stereocenters. The van der Waals surface area contributed by atoms with Gasteiger partial charge in [0.15, 0.2) is 0 Å². The Kier molecular flexibility index (Phi) is 9.48. The summed E-state index contributed by atoms with van der Waals surface area (Å²) >= 11 is 0. The fourth-order valence-electron chi connectivity index (χ4n) is 3.39. The summed E-state index contributed by atoms with van der Waals surface area (Å²) in [5.41, 5.74) is 5.51. The maximum absolute atomic E-state index is 3.30. The second-order valence-corrected chi connectivity index (χ2v) is 8.94. The minimum atomic E-state index is 0. The zero-order valence-corrected chi connectivity index (χ0v) is 19.3. The first-order valence-electron chi connectivity index (χ1n) is 8.63. The molecule has 1 aliphatic carbocycles. The largest absolute Gasteiger partial charge is 4.00 e. The van der Waals surface area contributed by atoms with Gasteiger partial charge in [-0.25, -0.2) is 0 Å². The predicted octanol–water partition coefficient (Wildman–Crippen LogP) is -0.0110. The minimum absolute atomic E-state index is 0. The second kappa shape index (κ2) is 10.8. The average Bonchev–Trinajstić information content (AvgIpc) is 3.24. The van der Waals surface area contributed by atoms with Gasteiger partial charge >= 0.3 is 26.2 Å². The molecule has 5 rings (SSSR count). The number of hydrogen-bond donors (Lipinski definition) is 0. The standard InChI is InChI=1S/C13H9.C11H12P.2FH.Zr/c1-3-7-12-10(5-1)9-11-6-2-4-8-13(11)12;1-12(2)11-7-9-5-3-4-6-10(9)8-11;;;/h1-5,7-8H,9H2;3-8H,1-2H3;2*1H;/q2*-1;;;+4/p-2. The maximum atomic E-state index is 3.30. The molecule has 0 amide bonds. The third-order valence-electron chi connectivity index (χ3n) is 4.74. The zero-order chi connectivity index (χ0) is 17.2. The van der Waals surface area contributed by atoms with Crippen molar-refractivity contribution < 1.29 is 35.6 Å². The van der Waals surface area contributed by atoms with Crippen LogP contribution in [0.4, 0.5) is 0 Å². The summed E-state index contributed by atoms with van der Waals surface area (Å²) in [4.78, 5) is 0. The fraction of sp³-hybridized carbons (Fsp3) is 0.125. The van der Waals surface area contributed by atoms with Gasteiger partial charge in [0.1, 0.15) is 0 Å². The van der Waals surface area contributed by atoms with Crippen molar-refractivity contribution in [3.8, 4) is 11.1 Å². The van der Waals surface area contributed by atoms with Crippen molar-refractivity contribution in [2.24, 2.45) is 0 Å². The maximum Gasteiger partial charge on any atom is 4.00 e. The van der Waals surface area contributed by atoms with Gasteiger partial charge in [-0.1, -0.05) is 41.5 Å². The van der Waals surface area contributed by atoms with Crippen molar-refractivity contribution in [2.75, 3.05) is 13.3 Å². The first-order valence-corrected chi connectivity index (χ1v) is 10.9. The molecule has 0 heterocycles. The molecule has 0 atom stereocenters. The molecule has 0 aliphatic heterocycles. The van der Waals surface area contributed by atoms with E-state index in [9.17, 15) is 0 Å². The summed E-state index contributed by atoms with van der Waals surface area (Å²) in [6.07, 6.45) is 1.05. The van der Waals surface area contributed by atoms with Gasteiger partial charge in [-0.2, -0.15) is 35.9 Å². The van der Waals surface area contributed by atoms with Crippen LogP contribution in [0, 0.1) is 6.07 Å². The summed E-state index contributed by atoms with van der Waals surface area (Å²) in [5, 5.41) is 4.26. The third kappa shape index (κ3) is 5.08. The van der Waals surface area contributed by atoms with Crippen molar-refractivity contribution in [2.45, 2.75) is 6.42 Å². The van der Waals surface area contributed by atoms with E-state index in [4.69, 9.17) is 0 Å². The average molecular weight is 470 g/mol. The second-order valence-electron chi connectivity index (χ2n) is 6.63. The summed E-state index contributed by atoms with van der Waals surface area (Å²) < 4.78 is 0. The van der Waals surface area contributed by atoms with Gasteiger partial charge in [0.2, 0.25) is 0 Å². The van der Waals surface area contributed by atoms with Crippen molar-refractivity contribution in [1.29, 1.82) is 0 Å². The monoisotopic (exact) mass is 468 g/mol. The Morgan fingerprint density at radius 3 is 2.29 bits per heavy atom. The van der Waals surface area contributed by atoms with Crippen LogP contribution in [0.5, 0.6) is 0 Å². The minimum Gasteiger partial charge on any atom is -1.00 e. The van der Waals surface area contributed by atoms with Gasteiger partial charge in [-0.15, -0.1) is 53.8 Å². The molecule has 28 heavy (non-hydrogen) atoms. The van der Waals surface area contributed by atoms with Gasteiger partial charge in [-0.05, 0) is 19.8 Å². The van der Waals surface area contributed by atoms with Gasteiger partial charge < -0.3 is 9.41 Å². The topological polar surface area (TPSA) is 0 Å². The van der Waals surface area contributed by atoms with E-state index in [2.05, 4.69) is 92.2 Å². The van der Waals surface area contributed by atoms with Crippen molar-refractivity contribution in [3.05, 3.63) is 96.1 Å². The van der Waals surface area contributed by atoms with E-state index in [0.717, 1.165) is 6.42 Å². The van der Waals surface area contributed by atoms with Gasteiger partial charge in [0.05, 0.1) is 0 Å². The van der Waals surface area contributed by atoms with Crippen LogP contribution in [-0.4, -0.2) is 13.3 Å². The Bertz CT molecular complexity index is 947. The molecule has 0 saturated carbocycles. The normalized spacial score (nSPS) is 10.5. The molecule has 4 heteroatoms. The molecule has 0 nitrogen and oxygen atoms in total. The molecule has 140 valence electrons. The summed E-state index contributed by atoms with van der Waals surface area (Å²) in [7, 11) is 0.0576. The molecular formula is C24H21F2PZr. The van der Waals surface area contributed by atoms with E-state index in [1.165, 1.54) is 38.3 Å². The number of halogens is 2. The van der Waals surface area contributed by atoms with Crippen LogP contribution in [0.3, 0.4) is 0 Å². The summed E-state index contributed by atoms with van der Waals surface area (Å²) in [5.74, 6) is 0. The van der Waals surface area contributed by atoms with E-state index in [1.807, 2.05) is 6.07 Å². The molecule has 4 aromatic rings. The summed E-state index contributed by atoms with van der Waals surface area (Å²) in [6.45, 7) is 4.59. The van der Waals surface area contributed by atoms with E-state index < -0.39 is 0 Å². The van der Waals surface area contributed by atoms with E-state index in [1.54, 1.807) is 0 Å². The van der Waals surface area contributed by atoms with Crippen LogP contribution < -0.4 is 14.7 Å². The van der Waals surface area contributed by atoms with Crippen LogP contribution >= 0.6 is 7.92 Å². The first kappa shape index (κ1) is 24.5. The van der Waals surface area contributed by atoms with E-state index >= 15 is 0 Å². The van der Waals surface area contributed by atoms with Crippen LogP contribution in [0.1, 0.15) is 11.1 Å². The number of hydrogen-bond acceptors (Lipinski definition) is 0. The molecule has 0 radical (unpaired) electrons. The number of benzene rings is 3. The smallest absolute Gasteiger partial charge is 1.00 e. The Hall–Kier alpha value is -1.56. The Morgan fingerprint density at radius 2 is 1.54 bits per heavy atom. The molecule has 0 spiro atoms. The third-order valence-corrected chi connectivity index (χ3v) is 6.03. The molecule has 0 saturated heterocycles. The zero-order valence-electron chi connectivity index (χ0n) is 15.9. The molecule has 1 aliphatic rings. The van der Waals surface area contributed by atoms with Gasteiger partial charge in [0, 0.05) is 0 Å². The van der Waals surface area contributed by atoms with Gasteiger partial charge in [0.25, 0.3) is 0 Å². The molecule has 0 N–H and O–H groups in total. The number of rotatable bonds is 1. The van der Waals surface area contributed by atoms with Crippen LogP contribution in [0.25, 0.3) is 21.9 Å². The van der Waals surface area contributed by atoms with Crippen LogP contribution in [0.2, 0.25) is 0 Å². The van der Waals surface area contributed by atoms with Crippen molar-refractivity contribution >= 4 is 24.0 Å². The molecule has 0 aromatic heterocycles. The van der Waals surface area contributed by atoms with E-state index in [0.29, 0.717) is 0 Å². The van der Waals surface area contributed by atoms with Crippen molar-refractivity contribution in [3.63, 3.8) is 0 Å². The SMILES string of the molecule is CP(C)c1cc2ccccc2[cH-]1.[F-].[F-].[Zr+4].[c-]1cccc2c1Cc1ccccc1-2. The molecule has 4 aromatic carbocycles. The van der Waals surface area contributed by atoms with Crippen molar-refractivity contribution in [1.82, 2.24) is 0 Å². The molecule has 0 fully saturated rings. The number of fused-ring (bicyclic) bond motifs is 4. The van der Waals surface area contributed by atoms with E-state index in [-0.39, 0.29) is 43.5 Å². The Labute approximate surface area is 186 Å². The predicted molar refractivity (Wildman–Crippen MR) is 111 cm³/mol. The van der Waals surface area contributed by atoms with Crippen LogP contribution in [-0.2, 0) is 32.6 Å². The van der Waals surface area contributed by atoms with Crippen LogP contribution in [0.15, 0.2) is 78.9 Å². The quantitative estimate of drug-likeness (QED) is 0.239.